The third-order valence-electron chi connectivity index (χ3n) is 8.02. The van der Waals surface area contributed by atoms with Gasteiger partial charge in [0.1, 0.15) is 4.83 Å². The lowest BCUT2D eigenvalue weighted by Gasteiger charge is -2.34. The second kappa shape index (κ2) is 11.1. The van der Waals surface area contributed by atoms with E-state index < -0.39 is 5.97 Å². The summed E-state index contributed by atoms with van der Waals surface area (Å²) < 4.78 is 5.47. The van der Waals surface area contributed by atoms with Gasteiger partial charge < -0.3 is 15.2 Å². The normalized spacial score (nSPS) is 19.2. The number of morpholine rings is 1. The number of aryl methyl sites for hydroxylation is 1. The Balaban J connectivity index is 1.35. The van der Waals surface area contributed by atoms with Gasteiger partial charge in [-0.3, -0.25) is 9.69 Å². The Morgan fingerprint density at radius 2 is 1.92 bits per heavy atom. The van der Waals surface area contributed by atoms with Gasteiger partial charge in [0.15, 0.2) is 0 Å². The number of carboxylic acid groups (broad SMARTS) is 1. The van der Waals surface area contributed by atoms with Gasteiger partial charge >= 0.3 is 5.97 Å². The smallest absolute Gasteiger partial charge is 0.335 e. The maximum absolute atomic E-state index is 13.5. The van der Waals surface area contributed by atoms with Crippen molar-refractivity contribution in [3.05, 3.63) is 63.7 Å². The molecule has 0 bridgehead atoms. The maximum Gasteiger partial charge on any atom is 0.335 e. The molecule has 2 aromatic heterocycles. The number of carboxylic acids is 1. The minimum Gasteiger partial charge on any atom is -0.478 e. The summed E-state index contributed by atoms with van der Waals surface area (Å²) in [7, 11) is 0. The van der Waals surface area contributed by atoms with Crippen LogP contribution in [0.1, 0.15) is 76.5 Å². The number of hydrogen-bond acceptors (Lipinski definition) is 6. The topological polar surface area (TPSA) is 91.8 Å². The number of fused-ring (bicyclic) bond motifs is 2. The molecule has 5 rings (SSSR count). The summed E-state index contributed by atoms with van der Waals surface area (Å²) in [5.74, 6) is -0.442. The van der Waals surface area contributed by atoms with E-state index in [4.69, 9.17) is 9.72 Å². The first-order chi connectivity index (χ1) is 18.2. The highest BCUT2D eigenvalue weighted by Crippen LogP contribution is 2.38. The Labute approximate surface area is 228 Å². The van der Waals surface area contributed by atoms with Crippen molar-refractivity contribution in [1.82, 2.24) is 15.2 Å². The van der Waals surface area contributed by atoms with E-state index in [1.54, 1.807) is 24.3 Å². The maximum atomic E-state index is 13.5. The Bertz CT molecular complexity index is 1310. The number of benzene rings is 1. The molecule has 202 valence electrons. The van der Waals surface area contributed by atoms with E-state index in [0.29, 0.717) is 10.8 Å². The number of aromatic nitrogens is 1. The zero-order chi connectivity index (χ0) is 26.9. The molecule has 2 aliphatic rings. The lowest BCUT2D eigenvalue weighted by atomic mass is 9.71. The molecule has 1 saturated heterocycles. The van der Waals surface area contributed by atoms with Crippen LogP contribution in [0.5, 0.6) is 0 Å². The first-order valence-electron chi connectivity index (χ1n) is 13.5. The molecule has 1 amide bonds. The number of rotatable bonds is 7. The molecule has 3 heterocycles. The molecule has 2 atom stereocenters. The molecule has 3 aromatic rings. The number of thiophene rings is 1. The number of amides is 1. The summed E-state index contributed by atoms with van der Waals surface area (Å²) in [6, 6.07) is 10.8. The van der Waals surface area contributed by atoms with Crippen molar-refractivity contribution >= 4 is 33.4 Å². The van der Waals surface area contributed by atoms with Crippen molar-refractivity contribution < 1.29 is 19.4 Å². The second-order valence-electron chi connectivity index (χ2n) is 11.6. The summed E-state index contributed by atoms with van der Waals surface area (Å²) in [4.78, 5) is 33.7. The van der Waals surface area contributed by atoms with E-state index in [0.717, 1.165) is 74.3 Å². The van der Waals surface area contributed by atoms with Crippen LogP contribution in [0.2, 0.25) is 0 Å². The number of carbonyl (C=O) groups excluding carboxylic acids is 1. The van der Waals surface area contributed by atoms with Gasteiger partial charge in [-0.05, 0) is 72.4 Å². The highest BCUT2D eigenvalue weighted by Gasteiger charge is 2.30. The molecule has 38 heavy (non-hydrogen) atoms. The third kappa shape index (κ3) is 6.08. The number of pyridine rings is 1. The van der Waals surface area contributed by atoms with E-state index in [1.807, 2.05) is 6.07 Å². The van der Waals surface area contributed by atoms with Crippen LogP contribution in [0, 0.1) is 11.3 Å². The molecule has 1 unspecified atom stereocenters. The summed E-state index contributed by atoms with van der Waals surface area (Å²) in [5.41, 5.74) is 3.90. The minimum atomic E-state index is -0.959. The zero-order valence-corrected chi connectivity index (χ0v) is 23.3. The van der Waals surface area contributed by atoms with Crippen molar-refractivity contribution in [2.45, 2.75) is 52.5 Å². The van der Waals surface area contributed by atoms with E-state index in [1.165, 1.54) is 22.6 Å². The van der Waals surface area contributed by atoms with Crippen LogP contribution in [-0.4, -0.2) is 59.7 Å². The van der Waals surface area contributed by atoms with E-state index in [2.05, 4.69) is 37.1 Å². The van der Waals surface area contributed by atoms with Crippen LogP contribution in [-0.2, 0) is 17.6 Å². The molecular formula is C30H37N3O4S. The number of hydrogen-bond donors (Lipinski definition) is 2. The average molecular weight is 536 g/mol. The van der Waals surface area contributed by atoms with Crippen LogP contribution >= 0.6 is 11.3 Å². The highest BCUT2D eigenvalue weighted by atomic mass is 32.1. The standard InChI is InChI=1S/C30H37N3O4S/c1-30(2,3)23-8-9-24-21(17-23)16-22-18-26(38-28(22)32-24)27(34)31-25(10-11-33-12-14-37-15-13-33)19-4-6-20(7-5-19)29(35)36/h4-7,16,18,23,25H,8-15,17H2,1-3H3,(H,31,34)(H,35,36)/t23-,25?/m0/s1. The largest absolute Gasteiger partial charge is 0.478 e. The molecule has 0 radical (unpaired) electrons. The predicted molar refractivity (Wildman–Crippen MR) is 150 cm³/mol. The fourth-order valence-electron chi connectivity index (χ4n) is 5.52. The number of nitrogens with zero attached hydrogens (tertiary/aromatic N) is 2. The summed E-state index contributed by atoms with van der Waals surface area (Å²) in [6.45, 7) is 11.0. The minimum absolute atomic E-state index is 0.118. The van der Waals surface area contributed by atoms with Gasteiger partial charge in [0.2, 0.25) is 0 Å². The molecule has 7 nitrogen and oxygen atoms in total. The molecule has 1 fully saturated rings. The fourth-order valence-corrected chi connectivity index (χ4v) is 6.46. The van der Waals surface area contributed by atoms with Crippen LogP contribution in [0.4, 0.5) is 0 Å². The Hall–Kier alpha value is -2.81. The van der Waals surface area contributed by atoms with E-state index in [9.17, 15) is 14.7 Å². The number of nitrogens with one attached hydrogen (secondary N) is 1. The monoisotopic (exact) mass is 535 g/mol. The van der Waals surface area contributed by atoms with Gasteiger partial charge in [-0.25, -0.2) is 9.78 Å². The van der Waals surface area contributed by atoms with Crippen LogP contribution < -0.4 is 5.32 Å². The molecule has 8 heteroatoms. The molecular weight excluding hydrogens is 498 g/mol. The number of ether oxygens (including phenoxy) is 1. The van der Waals surface area contributed by atoms with Crippen molar-refractivity contribution in [1.29, 1.82) is 0 Å². The lowest BCUT2D eigenvalue weighted by molar-refractivity contribution is 0.0360. The van der Waals surface area contributed by atoms with Crippen molar-refractivity contribution in [2.75, 3.05) is 32.8 Å². The molecule has 1 aromatic carbocycles. The van der Waals surface area contributed by atoms with Gasteiger partial charge in [0.05, 0.1) is 29.7 Å². The van der Waals surface area contributed by atoms with E-state index >= 15 is 0 Å². The van der Waals surface area contributed by atoms with Crippen molar-refractivity contribution in [3.8, 4) is 0 Å². The van der Waals surface area contributed by atoms with Crippen molar-refractivity contribution in [2.24, 2.45) is 11.3 Å². The van der Waals surface area contributed by atoms with Gasteiger partial charge in [0.25, 0.3) is 5.91 Å². The lowest BCUT2D eigenvalue weighted by Crippen LogP contribution is -2.39. The van der Waals surface area contributed by atoms with E-state index in [-0.39, 0.29) is 22.9 Å². The van der Waals surface area contributed by atoms with Gasteiger partial charge in [-0.1, -0.05) is 32.9 Å². The zero-order valence-electron chi connectivity index (χ0n) is 22.5. The Kier molecular flexibility index (Phi) is 7.84. The summed E-state index contributed by atoms with van der Waals surface area (Å²) in [6.07, 6.45) is 3.90. The van der Waals surface area contributed by atoms with Crippen molar-refractivity contribution in [3.63, 3.8) is 0 Å². The number of carbonyl (C=O) groups is 2. The van der Waals surface area contributed by atoms with Crippen LogP contribution in [0.15, 0.2) is 36.4 Å². The van der Waals surface area contributed by atoms with Crippen LogP contribution in [0.3, 0.4) is 0 Å². The Morgan fingerprint density at radius 3 is 2.61 bits per heavy atom. The molecule has 0 spiro atoms. The summed E-state index contributed by atoms with van der Waals surface area (Å²) >= 11 is 1.45. The molecule has 2 N–H and O–H groups in total. The SMILES string of the molecule is CC(C)(C)[C@H]1CCc2nc3sc(C(=O)NC(CCN4CCOCC4)c4ccc(C(=O)O)cc4)cc3cc2C1. The first kappa shape index (κ1) is 26.8. The van der Waals surface area contributed by atoms with Gasteiger partial charge in [-0.2, -0.15) is 0 Å². The highest BCUT2D eigenvalue weighted by molar-refractivity contribution is 7.20. The molecule has 1 aliphatic carbocycles. The Morgan fingerprint density at radius 1 is 1.18 bits per heavy atom. The predicted octanol–water partition coefficient (Wildman–Crippen LogP) is 5.34. The first-order valence-corrected chi connectivity index (χ1v) is 14.4. The number of aromatic carboxylic acids is 1. The summed E-state index contributed by atoms with van der Waals surface area (Å²) in [5, 5.41) is 13.6. The quantitative estimate of drug-likeness (QED) is 0.424. The average Bonchev–Trinajstić information content (AvgIpc) is 3.32. The molecule has 1 aliphatic heterocycles. The third-order valence-corrected chi connectivity index (χ3v) is 9.07. The van der Waals surface area contributed by atoms with Gasteiger partial charge in [0, 0.05) is 30.7 Å². The molecule has 0 saturated carbocycles. The van der Waals surface area contributed by atoms with Crippen LogP contribution in [0.25, 0.3) is 10.2 Å². The van der Waals surface area contributed by atoms with Gasteiger partial charge in [-0.15, -0.1) is 11.3 Å². The fraction of sp³-hybridized carbons (Fsp3) is 0.500. The second-order valence-corrected chi connectivity index (χ2v) is 12.6.